The molecule has 27 heteroatoms. The summed E-state index contributed by atoms with van der Waals surface area (Å²) in [6.07, 6.45) is 10.9. The topological polar surface area (TPSA) is 336 Å². The summed E-state index contributed by atoms with van der Waals surface area (Å²) < 4.78 is 10.8. The molecule has 0 radical (unpaired) electrons. The number of carbonyl (C=O) groups excluding carboxylic acids is 11. The Balaban J connectivity index is 0.000000225. The fourth-order valence-corrected chi connectivity index (χ4v) is 18.2. The number of halogens is 2. The smallest absolute Gasteiger partial charge is 0.335 e. The number of unbranched alkanes of at least 4 members (excludes halogenated alkanes) is 2. The minimum Gasteiger partial charge on any atom is -0.478 e. The highest BCUT2D eigenvalue weighted by molar-refractivity contribution is 8.00. The first-order valence-electron chi connectivity index (χ1n) is 37.6. The zero-order valence-corrected chi connectivity index (χ0v) is 64.8. The van der Waals surface area contributed by atoms with E-state index in [0.717, 1.165) is 70.0 Å². The van der Waals surface area contributed by atoms with E-state index < -0.39 is 29.9 Å². The fraction of sp³-hybridized carbons (Fsp3) is 0.550. The minimum atomic E-state index is -1.10. The number of rotatable bonds is 34. The van der Waals surface area contributed by atoms with E-state index in [9.17, 15) is 57.5 Å². The van der Waals surface area contributed by atoms with Gasteiger partial charge in [0.2, 0.25) is 29.5 Å². The van der Waals surface area contributed by atoms with E-state index in [-0.39, 0.29) is 136 Å². The molecule has 0 unspecified atom stereocenters. The Morgan fingerprint density at radius 2 is 1.00 bits per heavy atom. The van der Waals surface area contributed by atoms with E-state index in [0.29, 0.717) is 117 Å². The van der Waals surface area contributed by atoms with Gasteiger partial charge in [-0.25, -0.2) is 4.79 Å². The third-order valence-electron chi connectivity index (χ3n) is 20.6. The number of nitrogens with zero attached hydrogens (tertiary/aromatic N) is 2. The number of carboxylic acid groups (broad SMARTS) is 1. The number of likely N-dealkylation sites (tertiary alicyclic amines) is 2. The van der Waals surface area contributed by atoms with Crippen molar-refractivity contribution in [3.05, 3.63) is 140 Å². The molecule has 1 saturated carbocycles. The zero-order valence-electron chi connectivity index (χ0n) is 61.7. The van der Waals surface area contributed by atoms with E-state index in [1.807, 2.05) is 86.0 Å². The third kappa shape index (κ3) is 25.5. The van der Waals surface area contributed by atoms with Gasteiger partial charge in [-0.2, -0.15) is 23.5 Å². The van der Waals surface area contributed by atoms with Gasteiger partial charge in [0, 0.05) is 132 Å². The van der Waals surface area contributed by atoms with Crippen molar-refractivity contribution < 1.29 is 72.1 Å². The number of ether oxygens (including phenoxy) is 2. The van der Waals surface area contributed by atoms with Gasteiger partial charge in [0.25, 0.3) is 17.7 Å². The number of aromatic carboxylic acids is 1. The number of piperidine rings is 2. The van der Waals surface area contributed by atoms with Crippen LogP contribution in [0.15, 0.2) is 97.1 Å². The molecule has 4 aromatic rings. The summed E-state index contributed by atoms with van der Waals surface area (Å²) in [5.41, 5.74) is 8.61. The van der Waals surface area contributed by atoms with Crippen molar-refractivity contribution in [3.63, 3.8) is 0 Å². The van der Waals surface area contributed by atoms with Crippen LogP contribution in [0.25, 0.3) is 0 Å². The first-order valence-corrected chi connectivity index (χ1v) is 40.5. The van der Waals surface area contributed by atoms with Gasteiger partial charge in [0.05, 0.1) is 43.6 Å². The molecule has 5 saturated heterocycles. The maximum atomic E-state index is 13.5. The average Bonchev–Trinajstić information content (AvgIpc) is 1.58. The van der Waals surface area contributed by atoms with Crippen LogP contribution in [0.4, 0.5) is 0 Å². The summed E-state index contributed by atoms with van der Waals surface area (Å²) in [6, 6.07) is 26.5. The number of hydrogen-bond donors (Lipinski definition) is 7. The molecule has 1 aliphatic carbocycles. The molecule has 0 aromatic heterocycles. The van der Waals surface area contributed by atoms with Gasteiger partial charge < -0.3 is 51.4 Å². The van der Waals surface area contributed by atoms with Crippen LogP contribution in [-0.2, 0) is 47.8 Å². The molecule has 4 aromatic carbocycles. The lowest BCUT2D eigenvalue weighted by molar-refractivity contribution is -0.136. The molecule has 5 aliphatic heterocycles. The standard InChI is InChI=1S/C39H50ClN5O7S.C24H27ClN2O4.C17H27NO4S/c1-24(2)34(39(51)45-18-14-26(15-19-45)25-10-12-29(40)13-11-25)43-36(48)28-7-5-6-27(22-28)35(47)42-17-21-52-20-16-41-32(46)9-4-3-8-31-33-30(23-53-31)37(49)44-38(33)50;1-15(2)21(26-22(28)18-4-3-5-19(14-18)24(30)31)23(29)27-12-10-17(11-13-27)16-6-8-20(25)9-7-16;18-7-9-22-8-3-5-12(19)4-1-2-6-16-17-13(11-23-16)14(20)10-15(17)21/h5-7,10-13,22,24,26,30-31,33-34H,3-4,8-9,14-21,23H2,1-2H3,(H,41,46)(H,42,47)(H,43,48)(H,44,49,50);3-9,14-15,17,21H,10-13H2,1-2H3,(H,26,28)(H,30,31);13,16-17H,1-11,18H2/t30-,31-,33-,34+;21-;13-,16+,17-/m011/s1. The number of Topliss-reactive ketones (excluding diaryl/α,β-unsaturated/α-hetero) is 3. The van der Waals surface area contributed by atoms with Crippen LogP contribution in [-0.4, -0.2) is 192 Å². The molecule has 6 fully saturated rings. The number of nitrogens with two attached hydrogens (primary N) is 1. The number of carboxylic acids is 1. The van der Waals surface area contributed by atoms with Crippen LogP contribution in [0.3, 0.4) is 0 Å². The summed E-state index contributed by atoms with van der Waals surface area (Å²) >= 11 is 15.5. The van der Waals surface area contributed by atoms with Gasteiger partial charge >= 0.3 is 5.97 Å². The highest BCUT2D eigenvalue weighted by atomic mass is 35.5. The van der Waals surface area contributed by atoms with Crippen LogP contribution in [0.2, 0.25) is 10.0 Å². The Hall–Kier alpha value is -7.52. The number of ketones is 3. The van der Waals surface area contributed by atoms with Crippen LogP contribution in [0.5, 0.6) is 0 Å². The maximum absolute atomic E-state index is 13.5. The van der Waals surface area contributed by atoms with Gasteiger partial charge in [0.1, 0.15) is 29.4 Å². The normalized spacial score (nSPS) is 20.4. The zero-order chi connectivity index (χ0) is 77.1. The summed E-state index contributed by atoms with van der Waals surface area (Å²) in [5, 5.41) is 24.7. The Kier molecular flexibility index (Phi) is 34.2. The Labute approximate surface area is 645 Å². The van der Waals surface area contributed by atoms with E-state index in [1.165, 1.54) is 35.4 Å². The molecule has 0 spiro atoms. The van der Waals surface area contributed by atoms with Crippen LogP contribution in [0.1, 0.15) is 188 Å². The monoisotopic (exact) mass is 1550 g/mol. The molecule has 23 nitrogen and oxygen atoms in total. The van der Waals surface area contributed by atoms with Gasteiger partial charge in [0.15, 0.2) is 0 Å². The largest absolute Gasteiger partial charge is 0.478 e. The lowest BCUT2D eigenvalue weighted by atomic mass is 9.89. The van der Waals surface area contributed by atoms with Crippen molar-refractivity contribution in [2.24, 2.45) is 41.2 Å². The summed E-state index contributed by atoms with van der Waals surface area (Å²) in [4.78, 5) is 152. The summed E-state index contributed by atoms with van der Waals surface area (Å²) in [6.45, 7) is 12.8. The third-order valence-corrected chi connectivity index (χ3v) is 24.1. The van der Waals surface area contributed by atoms with E-state index in [4.69, 9.17) is 43.5 Å². The Morgan fingerprint density at radius 1 is 0.542 bits per heavy atom. The molecule has 10 rings (SSSR count). The fourth-order valence-electron chi connectivity index (χ4n) is 14.5. The predicted molar refractivity (Wildman–Crippen MR) is 413 cm³/mol. The maximum Gasteiger partial charge on any atom is 0.335 e. The molecule has 6 aliphatic rings. The highest BCUT2D eigenvalue weighted by Crippen LogP contribution is 2.46. The molecule has 8 amide bonds. The second-order valence-electron chi connectivity index (χ2n) is 28.9. The number of amides is 8. The first-order chi connectivity index (χ1) is 51.4. The average molecular weight is 1550 g/mol. The number of benzene rings is 4. The van der Waals surface area contributed by atoms with Crippen molar-refractivity contribution in [1.82, 2.24) is 36.4 Å². The van der Waals surface area contributed by atoms with Gasteiger partial charge in [-0.3, -0.25) is 58.1 Å². The quantitative estimate of drug-likeness (QED) is 0.0130. The van der Waals surface area contributed by atoms with Gasteiger partial charge in [-0.1, -0.05) is 100 Å². The molecule has 8 N–H and O–H groups in total. The number of hydrogen-bond acceptors (Lipinski definition) is 17. The van der Waals surface area contributed by atoms with Crippen molar-refractivity contribution >= 4 is 117 Å². The van der Waals surface area contributed by atoms with Gasteiger partial charge in [-0.05, 0) is 153 Å². The van der Waals surface area contributed by atoms with Gasteiger partial charge in [-0.15, -0.1) is 0 Å². The summed E-state index contributed by atoms with van der Waals surface area (Å²) in [5.74, 6) is -0.882. The molecule has 5 heterocycles. The molecule has 8 atom stereocenters. The van der Waals surface area contributed by atoms with E-state index >= 15 is 0 Å². The van der Waals surface area contributed by atoms with Crippen molar-refractivity contribution in [2.45, 2.75) is 158 Å². The van der Waals surface area contributed by atoms with Crippen molar-refractivity contribution in [1.29, 1.82) is 0 Å². The van der Waals surface area contributed by atoms with E-state index in [1.54, 1.807) is 47.8 Å². The lowest BCUT2D eigenvalue weighted by Crippen LogP contribution is -2.52. The number of carbonyl (C=O) groups is 12. The van der Waals surface area contributed by atoms with Crippen LogP contribution in [0, 0.1) is 35.5 Å². The first kappa shape index (κ1) is 85.1. The molecule has 107 heavy (non-hydrogen) atoms. The number of nitrogens with one attached hydrogen (secondary N) is 5. The molecular weight excluding hydrogens is 1450 g/mol. The molecular formula is C80H104Cl2N8O15S2. The van der Waals surface area contributed by atoms with Crippen LogP contribution >= 0.6 is 46.7 Å². The number of imide groups is 1. The SMILES string of the molecule is CC(C)[C@@H](NC(=O)c1cccc(C(=O)NCCOCCNC(=O)CCCC[C@@H]2SC[C@@H]3C(=O)NC(=O)[C@H]23)c1)C(=O)N1CCC(c2ccc(Cl)cc2)CC1.CC(C)[C@@H](NC(=O)c1cccc(C(=O)O)c1)C(=O)N1CCC(c2ccc(Cl)cc2)CC1.NCCOCCCC(=O)CCCC[C@@H]1SC[C@@H]2C(=O)CC(=O)[C@H]12. The number of thioether (sulfide) groups is 2. The van der Waals surface area contributed by atoms with Crippen molar-refractivity contribution in [3.8, 4) is 0 Å². The summed E-state index contributed by atoms with van der Waals surface area (Å²) in [7, 11) is 0. The molecule has 0 bridgehead atoms. The predicted octanol–water partition coefficient (Wildman–Crippen LogP) is 9.89. The lowest BCUT2D eigenvalue weighted by Gasteiger charge is -2.35. The highest BCUT2D eigenvalue weighted by Gasteiger charge is 2.51. The Morgan fingerprint density at radius 3 is 1.51 bits per heavy atom. The number of fused-ring (bicyclic) bond motifs is 2. The Bertz CT molecular complexity index is 3720. The van der Waals surface area contributed by atoms with E-state index in [2.05, 4.69) is 26.6 Å². The van der Waals surface area contributed by atoms with Crippen molar-refractivity contribution in [2.75, 3.05) is 83.7 Å². The second kappa shape index (κ2) is 43.0. The minimum absolute atomic E-state index is 0.0207. The second-order valence-corrected chi connectivity index (χ2v) is 32.3. The van der Waals surface area contributed by atoms with Crippen LogP contribution < -0.4 is 32.3 Å². The molecule has 580 valence electrons.